The summed E-state index contributed by atoms with van der Waals surface area (Å²) in [7, 11) is 1.25. The Morgan fingerprint density at radius 3 is 2.40 bits per heavy atom. The number of aromatic nitrogens is 4. The number of aromatic amines is 1. The van der Waals surface area contributed by atoms with E-state index in [9.17, 15) is 28.0 Å². The number of ether oxygens (including phenoxy) is 2. The minimum Gasteiger partial charge on any atom is -0.465 e. The number of amides is 1. The van der Waals surface area contributed by atoms with Gasteiger partial charge in [0.05, 0.1) is 25.0 Å². The van der Waals surface area contributed by atoms with Crippen molar-refractivity contribution in [1.82, 2.24) is 24.8 Å². The van der Waals surface area contributed by atoms with Gasteiger partial charge in [0, 0.05) is 24.1 Å². The molecule has 2 aromatic heterocycles. The molecule has 0 saturated heterocycles. The van der Waals surface area contributed by atoms with Crippen LogP contribution in [0.1, 0.15) is 69.0 Å². The minimum absolute atomic E-state index is 0.0910. The highest BCUT2D eigenvalue weighted by molar-refractivity contribution is 5.96. The molecule has 1 unspecified atom stereocenters. The van der Waals surface area contributed by atoms with Gasteiger partial charge in [0.1, 0.15) is 11.6 Å². The first-order chi connectivity index (χ1) is 23.1. The monoisotopic (exact) mass is 657 g/mol. The van der Waals surface area contributed by atoms with Gasteiger partial charge in [0.2, 0.25) is 0 Å². The number of H-pyrrole nitrogens is 1. The molecule has 2 heterocycles. The first-order valence-corrected chi connectivity index (χ1v) is 15.2. The molecule has 0 spiro atoms. The number of halogens is 2. The Bertz CT molecular complexity index is 1980. The van der Waals surface area contributed by atoms with Gasteiger partial charge in [0.15, 0.2) is 16.9 Å². The molecule has 1 atom stereocenters. The molecule has 0 aliphatic rings. The molecule has 0 bridgehead atoms. The number of alkyl halides is 2. The van der Waals surface area contributed by atoms with Gasteiger partial charge >= 0.3 is 12.6 Å². The molecule has 48 heavy (non-hydrogen) atoms. The lowest BCUT2D eigenvalue weighted by Crippen LogP contribution is -2.23. The van der Waals surface area contributed by atoms with Gasteiger partial charge in [0.25, 0.3) is 11.5 Å². The summed E-state index contributed by atoms with van der Waals surface area (Å²) in [5.74, 6) is -1.02. The number of fused-ring (bicyclic) bond motifs is 1. The molecule has 0 radical (unpaired) electrons. The third-order valence-corrected chi connectivity index (χ3v) is 7.79. The van der Waals surface area contributed by atoms with Gasteiger partial charge in [-0.25, -0.2) is 14.8 Å². The number of methoxy groups -OCH3 is 1. The number of imidazole rings is 1. The number of aryl methyl sites for hydroxylation is 1. The third-order valence-electron chi connectivity index (χ3n) is 7.79. The molecule has 0 aliphatic carbocycles. The van der Waals surface area contributed by atoms with Gasteiger partial charge in [-0.05, 0) is 73.7 Å². The normalized spacial score (nSPS) is 11.8. The standard InChI is InChI=1S/C35H33F2N5O6/c1-21(43)27(10-6-9-22-7-4-3-5-8-22)42-20-39-30-31(42)40-29(41-33(30)45)18-23-11-16-28(48-35(36)37)26(17-23)19-38-32(44)24-12-14-25(15-13-24)34(46)47-2/h3-5,7-8,11-17,20,27,35H,6,9-10,18-19H2,1-2H3,(H,38,44)(H,40,41,45). The van der Waals surface area contributed by atoms with E-state index in [0.717, 1.165) is 18.4 Å². The number of Topliss-reactive ketones (excluding diaryl/α,β-unsaturated/α-hetero) is 1. The molecule has 0 fully saturated rings. The van der Waals surface area contributed by atoms with E-state index < -0.39 is 30.1 Å². The Morgan fingerprint density at radius 1 is 0.979 bits per heavy atom. The molecular formula is C35H33F2N5O6. The van der Waals surface area contributed by atoms with Crippen LogP contribution in [-0.4, -0.2) is 50.9 Å². The lowest BCUT2D eigenvalue weighted by Gasteiger charge is -2.16. The molecule has 2 N–H and O–H groups in total. The highest BCUT2D eigenvalue weighted by Crippen LogP contribution is 2.25. The highest BCUT2D eigenvalue weighted by Gasteiger charge is 2.22. The molecule has 248 valence electrons. The summed E-state index contributed by atoms with van der Waals surface area (Å²) >= 11 is 0. The van der Waals surface area contributed by atoms with E-state index in [4.69, 9.17) is 0 Å². The van der Waals surface area contributed by atoms with Crippen LogP contribution < -0.4 is 15.6 Å². The van der Waals surface area contributed by atoms with Crippen molar-refractivity contribution in [3.05, 3.63) is 123 Å². The molecule has 1 amide bonds. The average molecular weight is 658 g/mol. The van der Waals surface area contributed by atoms with Crippen LogP contribution in [0.4, 0.5) is 8.78 Å². The van der Waals surface area contributed by atoms with E-state index in [0.29, 0.717) is 12.0 Å². The van der Waals surface area contributed by atoms with Crippen molar-refractivity contribution in [2.45, 2.75) is 51.8 Å². The van der Waals surface area contributed by atoms with Crippen LogP contribution in [0, 0.1) is 0 Å². The highest BCUT2D eigenvalue weighted by atomic mass is 19.3. The summed E-state index contributed by atoms with van der Waals surface area (Å²) < 4.78 is 37.4. The van der Waals surface area contributed by atoms with Crippen molar-refractivity contribution < 1.29 is 32.6 Å². The lowest BCUT2D eigenvalue weighted by atomic mass is 10.0. The van der Waals surface area contributed by atoms with E-state index in [1.165, 1.54) is 50.7 Å². The molecule has 5 aromatic rings. The third kappa shape index (κ3) is 8.16. The van der Waals surface area contributed by atoms with Gasteiger partial charge in [-0.15, -0.1) is 0 Å². The number of hydrogen-bond acceptors (Lipinski definition) is 8. The maximum Gasteiger partial charge on any atom is 0.387 e. The zero-order valence-electron chi connectivity index (χ0n) is 26.2. The van der Waals surface area contributed by atoms with E-state index in [1.807, 2.05) is 30.3 Å². The number of carbonyl (C=O) groups is 3. The largest absolute Gasteiger partial charge is 0.465 e. The van der Waals surface area contributed by atoms with Crippen molar-refractivity contribution in [3.8, 4) is 5.75 Å². The molecule has 5 rings (SSSR count). The van der Waals surface area contributed by atoms with Crippen molar-refractivity contribution in [2.24, 2.45) is 0 Å². The minimum atomic E-state index is -3.10. The van der Waals surface area contributed by atoms with E-state index in [2.05, 4.69) is 29.7 Å². The molecule has 13 heteroatoms. The number of esters is 1. The van der Waals surface area contributed by atoms with Crippen LogP contribution >= 0.6 is 0 Å². The SMILES string of the molecule is COC(=O)c1ccc(C(=O)NCc2cc(Cc3nc4c(ncn4C(CCCc4ccccc4)C(C)=O)c(=O)[nH]3)ccc2OC(F)F)cc1. The molecule has 11 nitrogen and oxygen atoms in total. The Kier molecular flexibility index (Phi) is 10.7. The van der Waals surface area contributed by atoms with Crippen LogP contribution in [0.3, 0.4) is 0 Å². The Hall–Kier alpha value is -5.72. The van der Waals surface area contributed by atoms with E-state index >= 15 is 0 Å². The van der Waals surface area contributed by atoms with Crippen LogP contribution in [-0.2, 0) is 28.9 Å². The smallest absolute Gasteiger partial charge is 0.387 e. The number of hydrogen-bond donors (Lipinski definition) is 2. The van der Waals surface area contributed by atoms with Gasteiger partial charge < -0.3 is 24.3 Å². The zero-order chi connectivity index (χ0) is 34.2. The zero-order valence-corrected chi connectivity index (χ0v) is 26.2. The predicted molar refractivity (Wildman–Crippen MR) is 172 cm³/mol. The number of nitrogens with one attached hydrogen (secondary N) is 2. The fourth-order valence-corrected chi connectivity index (χ4v) is 5.40. The topological polar surface area (TPSA) is 145 Å². The summed E-state index contributed by atoms with van der Waals surface area (Å²) in [5.41, 5.74) is 2.38. The molecule has 0 saturated carbocycles. The van der Waals surface area contributed by atoms with Gasteiger partial charge in [-0.2, -0.15) is 8.78 Å². The Balaban J connectivity index is 1.35. The maximum atomic E-state index is 13.2. The van der Waals surface area contributed by atoms with Crippen molar-refractivity contribution in [2.75, 3.05) is 7.11 Å². The number of carbonyl (C=O) groups excluding carboxylic acids is 3. The summed E-state index contributed by atoms with van der Waals surface area (Å²) in [6.45, 7) is -1.76. The summed E-state index contributed by atoms with van der Waals surface area (Å²) in [4.78, 5) is 61.8. The van der Waals surface area contributed by atoms with Crippen LogP contribution in [0.25, 0.3) is 11.2 Å². The predicted octanol–water partition coefficient (Wildman–Crippen LogP) is 5.18. The number of nitrogens with zero attached hydrogens (tertiary/aromatic N) is 3. The van der Waals surface area contributed by atoms with Gasteiger partial charge in [-0.3, -0.25) is 14.4 Å². The average Bonchev–Trinajstić information content (AvgIpc) is 3.50. The van der Waals surface area contributed by atoms with E-state index in [-0.39, 0.29) is 58.2 Å². The summed E-state index contributed by atoms with van der Waals surface area (Å²) in [6, 6.07) is 19.6. The van der Waals surface area contributed by atoms with Crippen LogP contribution in [0.5, 0.6) is 5.75 Å². The fourth-order valence-electron chi connectivity index (χ4n) is 5.40. The Labute approximate surface area is 273 Å². The van der Waals surface area contributed by atoms with Crippen molar-refractivity contribution in [1.29, 1.82) is 0 Å². The fraction of sp³-hybridized carbons (Fsp3) is 0.257. The van der Waals surface area contributed by atoms with Crippen molar-refractivity contribution >= 4 is 28.8 Å². The molecular weight excluding hydrogens is 624 g/mol. The second-order valence-corrected chi connectivity index (χ2v) is 11.1. The summed E-state index contributed by atoms with van der Waals surface area (Å²) in [6.07, 6.45) is 3.59. The van der Waals surface area contributed by atoms with Gasteiger partial charge in [-0.1, -0.05) is 36.4 Å². The molecule has 3 aromatic carbocycles. The Morgan fingerprint density at radius 2 is 1.71 bits per heavy atom. The first kappa shape index (κ1) is 33.6. The number of rotatable bonds is 14. The second kappa shape index (κ2) is 15.2. The maximum absolute atomic E-state index is 13.2. The molecule has 0 aliphatic heterocycles. The number of ketones is 1. The lowest BCUT2D eigenvalue weighted by molar-refractivity contribution is -0.120. The second-order valence-electron chi connectivity index (χ2n) is 11.1. The van der Waals surface area contributed by atoms with E-state index in [1.54, 1.807) is 16.7 Å². The first-order valence-electron chi connectivity index (χ1n) is 15.2. The van der Waals surface area contributed by atoms with Crippen LogP contribution in [0.15, 0.2) is 83.9 Å². The summed E-state index contributed by atoms with van der Waals surface area (Å²) in [5, 5.41) is 2.67. The number of benzene rings is 3. The van der Waals surface area contributed by atoms with Crippen LogP contribution in [0.2, 0.25) is 0 Å². The quantitative estimate of drug-likeness (QED) is 0.156. The van der Waals surface area contributed by atoms with Crippen molar-refractivity contribution in [3.63, 3.8) is 0 Å².